The van der Waals surface area contributed by atoms with Crippen LogP contribution in [0.1, 0.15) is 44.5 Å². The summed E-state index contributed by atoms with van der Waals surface area (Å²) in [4.78, 5) is 4.81. The molecule has 0 heterocycles. The Morgan fingerprint density at radius 1 is 0.145 bits per heavy atom. The summed E-state index contributed by atoms with van der Waals surface area (Å²) in [6.07, 6.45) is 0. The monoisotopic (exact) mass is 1400 g/mol. The van der Waals surface area contributed by atoms with Gasteiger partial charge in [0.2, 0.25) is 0 Å². The van der Waals surface area contributed by atoms with Gasteiger partial charge in [-0.15, -0.1) is 0 Å². The molecule has 0 saturated carbocycles. The topological polar surface area (TPSA) is 6.48 Å². The molecule has 0 saturated heterocycles. The number of benzene rings is 18. The van der Waals surface area contributed by atoms with E-state index < -0.39 is 10.8 Å². The highest BCUT2D eigenvalue weighted by atomic mass is 15.1. The summed E-state index contributed by atoms with van der Waals surface area (Å²) in [6.45, 7) is 0. The van der Waals surface area contributed by atoms with Gasteiger partial charge in [-0.3, -0.25) is 0 Å². The molecule has 20 rings (SSSR count). The molecule has 516 valence electrons. The first-order valence-corrected chi connectivity index (χ1v) is 38.1. The molecule has 2 aliphatic carbocycles. The van der Waals surface area contributed by atoms with Crippen LogP contribution in [0.15, 0.2) is 449 Å². The van der Waals surface area contributed by atoms with Crippen molar-refractivity contribution in [3.63, 3.8) is 0 Å². The number of fused-ring (bicyclic) bond motifs is 7. The highest BCUT2D eigenvalue weighted by Crippen LogP contribution is 2.60. The Balaban J connectivity index is 0.594. The Morgan fingerprint density at radius 3 is 0.918 bits per heavy atom. The van der Waals surface area contributed by atoms with Crippen LogP contribution >= 0.6 is 0 Å². The van der Waals surface area contributed by atoms with Gasteiger partial charge in [0, 0.05) is 34.1 Å². The lowest BCUT2D eigenvalue weighted by Gasteiger charge is -2.34. The van der Waals surface area contributed by atoms with Gasteiger partial charge in [-0.1, -0.05) is 364 Å². The Labute approximate surface area is 643 Å². The lowest BCUT2D eigenvalue weighted by atomic mass is 9.67. The molecule has 0 spiro atoms. The van der Waals surface area contributed by atoms with Crippen LogP contribution in [0.5, 0.6) is 0 Å². The van der Waals surface area contributed by atoms with Gasteiger partial charge in [0.25, 0.3) is 0 Å². The minimum atomic E-state index is -0.485. The van der Waals surface area contributed by atoms with E-state index in [9.17, 15) is 0 Å². The van der Waals surface area contributed by atoms with Crippen molar-refractivity contribution < 1.29 is 0 Å². The maximum Gasteiger partial charge on any atom is 0.0713 e. The van der Waals surface area contributed by atoms with E-state index in [4.69, 9.17) is 0 Å². The normalized spacial score (nSPS) is 12.7. The van der Waals surface area contributed by atoms with Crippen molar-refractivity contribution >= 4 is 44.9 Å². The maximum absolute atomic E-state index is 2.43. The zero-order chi connectivity index (χ0) is 73.0. The van der Waals surface area contributed by atoms with E-state index in [1.807, 2.05) is 0 Å². The van der Waals surface area contributed by atoms with Gasteiger partial charge in [0.05, 0.1) is 10.8 Å². The summed E-state index contributed by atoms with van der Waals surface area (Å²) < 4.78 is 0. The van der Waals surface area contributed by atoms with Crippen molar-refractivity contribution in [3.05, 3.63) is 493 Å². The smallest absolute Gasteiger partial charge is 0.0713 e. The van der Waals surface area contributed by atoms with Crippen LogP contribution in [-0.4, -0.2) is 0 Å². The van der Waals surface area contributed by atoms with Crippen LogP contribution in [0, 0.1) is 0 Å². The van der Waals surface area contributed by atoms with Crippen LogP contribution in [0.25, 0.3) is 99.8 Å². The fourth-order valence-electron chi connectivity index (χ4n) is 17.9. The summed E-state index contributed by atoms with van der Waals surface area (Å²) in [7, 11) is 0. The van der Waals surface area contributed by atoms with Crippen molar-refractivity contribution in [1.82, 2.24) is 0 Å². The predicted molar refractivity (Wildman–Crippen MR) is 461 cm³/mol. The van der Waals surface area contributed by atoms with Gasteiger partial charge in [-0.25, -0.2) is 0 Å². The third-order valence-electron chi connectivity index (χ3n) is 23.0. The molecule has 110 heavy (non-hydrogen) atoms. The number of hydrogen-bond donors (Lipinski definition) is 0. The summed E-state index contributed by atoms with van der Waals surface area (Å²) >= 11 is 0. The van der Waals surface area contributed by atoms with Crippen LogP contribution in [0.3, 0.4) is 0 Å². The Bertz CT molecular complexity index is 6300. The molecule has 0 aromatic heterocycles. The third kappa shape index (κ3) is 11.2. The molecule has 0 atom stereocenters. The van der Waals surface area contributed by atoms with Crippen molar-refractivity contribution in [2.24, 2.45) is 0 Å². The average molecular weight is 1400 g/mol. The Kier molecular flexibility index (Phi) is 16.4. The molecule has 18 aromatic carbocycles. The minimum absolute atomic E-state index is 0.477. The molecule has 0 aliphatic heterocycles. The standard InChI is InChI=1S/C108H74N2/c1-7-25-75(26-8-1)77-51-60-92(61-52-77)109(94-66-57-82(58-67-94)98-41-24-44-105-106(98)100-40-20-22-43-103(100)108(105,90-35-15-5-16-36-90)91-37-17-6-18-38-91)93-64-55-81(56-65-93)84-30-23-29-83(71-84)79-45-47-80(48-46-79)85-49-50-87-73-96(68-59-86(87)72-85)110(95-62-53-78(54-63-95)76-27-9-2-10-28-76)97-69-70-104-101(74-97)99-39-19-21-42-102(99)107(104,88-31-11-3-12-32-88)89-33-13-4-14-34-89/h1-74H. The van der Waals surface area contributed by atoms with E-state index in [0.29, 0.717) is 0 Å². The molecule has 0 radical (unpaired) electrons. The molecule has 0 fully saturated rings. The molecule has 0 amide bonds. The first kappa shape index (κ1) is 65.3. The second-order valence-corrected chi connectivity index (χ2v) is 29.0. The number of anilines is 6. The second-order valence-electron chi connectivity index (χ2n) is 29.0. The van der Waals surface area contributed by atoms with Gasteiger partial charge >= 0.3 is 0 Å². The second kappa shape index (κ2) is 27.6. The van der Waals surface area contributed by atoms with Crippen LogP contribution < -0.4 is 9.80 Å². The van der Waals surface area contributed by atoms with E-state index in [1.54, 1.807) is 0 Å². The quantitative estimate of drug-likeness (QED) is 0.0951. The molecule has 2 aliphatic rings. The molecule has 2 nitrogen and oxygen atoms in total. The Morgan fingerprint density at radius 2 is 0.427 bits per heavy atom. The van der Waals surface area contributed by atoms with Crippen molar-refractivity contribution in [1.29, 1.82) is 0 Å². The molecule has 0 N–H and O–H groups in total. The molecule has 18 aromatic rings. The Hall–Kier alpha value is -14.2. The van der Waals surface area contributed by atoms with Crippen LogP contribution in [0.2, 0.25) is 0 Å². The van der Waals surface area contributed by atoms with E-state index in [2.05, 4.69) is 459 Å². The fraction of sp³-hybridized carbons (Fsp3) is 0.0185. The molecule has 0 unspecified atom stereocenters. The molecule has 2 heteroatoms. The first-order valence-electron chi connectivity index (χ1n) is 38.1. The van der Waals surface area contributed by atoms with Gasteiger partial charge in [-0.2, -0.15) is 0 Å². The molecular formula is C108H74N2. The average Bonchev–Trinajstić information content (AvgIpc) is 1.53. The summed E-state index contributed by atoms with van der Waals surface area (Å²) in [5.41, 5.74) is 34.9. The lowest BCUT2D eigenvalue weighted by Crippen LogP contribution is -2.28. The number of rotatable bonds is 16. The van der Waals surface area contributed by atoms with E-state index in [0.717, 1.165) is 45.3 Å². The van der Waals surface area contributed by atoms with Gasteiger partial charge in [0.15, 0.2) is 0 Å². The highest BCUT2D eigenvalue weighted by molar-refractivity contribution is 5.98. The van der Waals surface area contributed by atoms with Crippen molar-refractivity contribution in [2.45, 2.75) is 10.8 Å². The largest absolute Gasteiger partial charge is 0.311 e. The summed E-state index contributed by atoms with van der Waals surface area (Å²) in [5, 5.41) is 2.35. The predicted octanol–water partition coefficient (Wildman–Crippen LogP) is 28.5. The maximum atomic E-state index is 2.43. The van der Waals surface area contributed by atoms with Crippen molar-refractivity contribution in [3.8, 4) is 89.0 Å². The van der Waals surface area contributed by atoms with Gasteiger partial charge < -0.3 is 9.80 Å². The van der Waals surface area contributed by atoms with Gasteiger partial charge in [0.1, 0.15) is 0 Å². The van der Waals surface area contributed by atoms with Gasteiger partial charge in [-0.05, 0) is 229 Å². The third-order valence-corrected chi connectivity index (χ3v) is 23.0. The summed E-state index contributed by atoms with van der Waals surface area (Å²) in [5.74, 6) is 0. The first-order chi connectivity index (χ1) is 54.5. The SMILES string of the molecule is c1ccc(-c2ccc(N(c3ccc(-c4cccc(-c5ccc(-c6ccc7cc(N(c8ccc(-c9ccccc9)cc8)c8ccc9c(c8)-c8ccccc8C9(c8ccccc8)c8ccccc8)ccc7c6)cc5)c4)cc3)c3ccc(-c4cccc5c4-c4ccccc4C5(c4ccccc4)c4ccccc4)cc3)cc2)cc1. The fourth-order valence-corrected chi connectivity index (χ4v) is 17.9. The molecule has 0 bridgehead atoms. The van der Waals surface area contributed by atoms with Crippen LogP contribution in [-0.2, 0) is 10.8 Å². The molecular weight excluding hydrogens is 1330 g/mol. The highest BCUT2D eigenvalue weighted by Gasteiger charge is 2.48. The zero-order valence-electron chi connectivity index (χ0n) is 60.6. The summed E-state index contributed by atoms with van der Waals surface area (Å²) in [6, 6.07) is 166. The number of nitrogens with zero attached hydrogens (tertiary/aromatic N) is 2. The zero-order valence-corrected chi connectivity index (χ0v) is 60.6. The van der Waals surface area contributed by atoms with E-state index in [-0.39, 0.29) is 0 Å². The minimum Gasteiger partial charge on any atom is -0.311 e. The van der Waals surface area contributed by atoms with Crippen molar-refractivity contribution in [2.75, 3.05) is 9.80 Å². The van der Waals surface area contributed by atoms with Crippen LogP contribution in [0.4, 0.5) is 34.1 Å². The number of hydrogen-bond acceptors (Lipinski definition) is 2. The van der Waals surface area contributed by atoms with E-state index in [1.165, 1.54) is 133 Å². The lowest BCUT2D eigenvalue weighted by molar-refractivity contribution is 0.768. The van der Waals surface area contributed by atoms with E-state index >= 15 is 0 Å².